The summed E-state index contributed by atoms with van der Waals surface area (Å²) in [6.07, 6.45) is 5.33. The van der Waals surface area contributed by atoms with Crippen LogP contribution in [-0.2, 0) is 6.54 Å². The fourth-order valence-electron chi connectivity index (χ4n) is 3.06. The second-order valence-electron chi connectivity index (χ2n) is 6.32. The SMILES string of the molecule is COc1cccc(Cl)c1CN1CCC(NCC2CC2)CC1. The molecule has 0 amide bonds. The van der Waals surface area contributed by atoms with Crippen LogP contribution in [0.5, 0.6) is 5.75 Å². The number of likely N-dealkylation sites (tertiary alicyclic amines) is 1. The monoisotopic (exact) mass is 308 g/mol. The number of ether oxygens (including phenoxy) is 1. The molecule has 116 valence electrons. The topological polar surface area (TPSA) is 24.5 Å². The number of benzene rings is 1. The largest absolute Gasteiger partial charge is 0.496 e. The average Bonchev–Trinajstić information content (AvgIpc) is 3.33. The predicted octanol–water partition coefficient (Wildman–Crippen LogP) is 3.31. The molecule has 1 heterocycles. The first-order valence-corrected chi connectivity index (χ1v) is 8.41. The lowest BCUT2D eigenvalue weighted by Gasteiger charge is -2.33. The molecule has 0 atom stereocenters. The molecule has 0 spiro atoms. The smallest absolute Gasteiger partial charge is 0.124 e. The van der Waals surface area contributed by atoms with E-state index in [0.717, 1.165) is 41.9 Å². The normalized spacial score (nSPS) is 20.7. The minimum Gasteiger partial charge on any atom is -0.496 e. The zero-order valence-corrected chi connectivity index (χ0v) is 13.5. The van der Waals surface area contributed by atoms with Gasteiger partial charge in [-0.3, -0.25) is 4.90 Å². The summed E-state index contributed by atoms with van der Waals surface area (Å²) in [4.78, 5) is 2.49. The lowest BCUT2D eigenvalue weighted by Crippen LogP contribution is -2.42. The van der Waals surface area contributed by atoms with E-state index in [1.54, 1.807) is 7.11 Å². The summed E-state index contributed by atoms with van der Waals surface area (Å²) < 4.78 is 5.44. The third kappa shape index (κ3) is 4.12. The van der Waals surface area contributed by atoms with E-state index in [1.165, 1.54) is 32.2 Å². The molecule has 0 aromatic heterocycles. The van der Waals surface area contributed by atoms with Gasteiger partial charge in [0.25, 0.3) is 0 Å². The van der Waals surface area contributed by atoms with E-state index in [1.807, 2.05) is 18.2 Å². The van der Waals surface area contributed by atoms with Gasteiger partial charge in [0, 0.05) is 23.2 Å². The Labute approximate surface area is 132 Å². The maximum absolute atomic E-state index is 6.33. The van der Waals surface area contributed by atoms with Crippen LogP contribution in [0.25, 0.3) is 0 Å². The van der Waals surface area contributed by atoms with Gasteiger partial charge in [-0.05, 0) is 63.4 Å². The summed E-state index contributed by atoms with van der Waals surface area (Å²) >= 11 is 6.33. The van der Waals surface area contributed by atoms with Gasteiger partial charge in [0.1, 0.15) is 5.75 Å². The molecule has 0 radical (unpaired) electrons. The van der Waals surface area contributed by atoms with Gasteiger partial charge < -0.3 is 10.1 Å². The van der Waals surface area contributed by atoms with Gasteiger partial charge in [-0.1, -0.05) is 17.7 Å². The molecule has 1 saturated carbocycles. The van der Waals surface area contributed by atoms with Crippen molar-refractivity contribution in [3.63, 3.8) is 0 Å². The van der Waals surface area contributed by atoms with E-state index in [4.69, 9.17) is 16.3 Å². The highest BCUT2D eigenvalue weighted by atomic mass is 35.5. The minimum absolute atomic E-state index is 0.704. The van der Waals surface area contributed by atoms with Crippen molar-refractivity contribution in [2.24, 2.45) is 5.92 Å². The van der Waals surface area contributed by atoms with E-state index in [9.17, 15) is 0 Å². The molecule has 1 saturated heterocycles. The molecule has 1 N–H and O–H groups in total. The maximum atomic E-state index is 6.33. The van der Waals surface area contributed by atoms with E-state index in [0.29, 0.717) is 6.04 Å². The molecule has 3 nitrogen and oxygen atoms in total. The van der Waals surface area contributed by atoms with Crippen molar-refractivity contribution in [3.8, 4) is 5.75 Å². The summed E-state index contributed by atoms with van der Waals surface area (Å²) in [5.74, 6) is 1.87. The molecule has 1 aromatic rings. The molecule has 1 aliphatic carbocycles. The molecule has 3 rings (SSSR count). The van der Waals surface area contributed by atoms with Crippen LogP contribution in [0, 0.1) is 5.92 Å². The van der Waals surface area contributed by atoms with Crippen molar-refractivity contribution in [1.29, 1.82) is 0 Å². The van der Waals surface area contributed by atoms with Crippen LogP contribution in [0.4, 0.5) is 0 Å². The van der Waals surface area contributed by atoms with Crippen LogP contribution in [0.2, 0.25) is 5.02 Å². The summed E-state index contributed by atoms with van der Waals surface area (Å²) in [6.45, 7) is 4.38. The van der Waals surface area contributed by atoms with E-state index >= 15 is 0 Å². The average molecular weight is 309 g/mol. The van der Waals surface area contributed by atoms with Gasteiger partial charge in [0.2, 0.25) is 0 Å². The number of piperidine rings is 1. The zero-order chi connectivity index (χ0) is 14.7. The molecular weight excluding hydrogens is 284 g/mol. The van der Waals surface area contributed by atoms with Crippen molar-refractivity contribution < 1.29 is 4.74 Å². The lowest BCUT2D eigenvalue weighted by atomic mass is 10.0. The molecule has 1 aliphatic heterocycles. The fraction of sp³-hybridized carbons (Fsp3) is 0.647. The number of rotatable bonds is 6. The maximum Gasteiger partial charge on any atom is 0.124 e. The van der Waals surface area contributed by atoms with Gasteiger partial charge >= 0.3 is 0 Å². The van der Waals surface area contributed by atoms with Crippen molar-refractivity contribution >= 4 is 11.6 Å². The summed E-state index contributed by atoms with van der Waals surface area (Å²) in [5.41, 5.74) is 1.12. The Hall–Kier alpha value is -0.770. The van der Waals surface area contributed by atoms with Crippen molar-refractivity contribution in [2.45, 2.75) is 38.3 Å². The first-order valence-electron chi connectivity index (χ1n) is 8.03. The molecule has 0 unspecified atom stereocenters. The molecule has 21 heavy (non-hydrogen) atoms. The lowest BCUT2D eigenvalue weighted by molar-refractivity contribution is 0.188. The van der Waals surface area contributed by atoms with Crippen molar-refractivity contribution in [3.05, 3.63) is 28.8 Å². The van der Waals surface area contributed by atoms with Crippen LogP contribution in [0.3, 0.4) is 0 Å². The Morgan fingerprint density at radius 1 is 1.24 bits per heavy atom. The third-order valence-corrected chi connectivity index (χ3v) is 5.01. The Kier molecular flexibility index (Phi) is 5.04. The van der Waals surface area contributed by atoms with Gasteiger partial charge in [0.15, 0.2) is 0 Å². The second kappa shape index (κ2) is 6.99. The summed E-state index contributed by atoms with van der Waals surface area (Å²) in [6, 6.07) is 6.59. The van der Waals surface area contributed by atoms with Crippen molar-refractivity contribution in [2.75, 3.05) is 26.7 Å². The minimum atomic E-state index is 0.704. The number of halogens is 1. The predicted molar refractivity (Wildman–Crippen MR) is 87.0 cm³/mol. The highest BCUT2D eigenvalue weighted by Crippen LogP contribution is 2.29. The highest BCUT2D eigenvalue weighted by Gasteiger charge is 2.25. The van der Waals surface area contributed by atoms with Crippen molar-refractivity contribution in [1.82, 2.24) is 10.2 Å². The summed E-state index contributed by atoms with van der Waals surface area (Å²) in [7, 11) is 1.71. The number of hydrogen-bond acceptors (Lipinski definition) is 3. The molecule has 2 aliphatic rings. The quantitative estimate of drug-likeness (QED) is 0.872. The van der Waals surface area contributed by atoms with E-state index < -0.39 is 0 Å². The molecular formula is C17H25ClN2O. The molecule has 2 fully saturated rings. The molecule has 4 heteroatoms. The zero-order valence-electron chi connectivity index (χ0n) is 12.8. The standard InChI is InChI=1S/C17H25ClN2O/c1-21-17-4-2-3-16(18)15(17)12-20-9-7-14(8-10-20)19-11-13-5-6-13/h2-4,13-14,19H,5-12H2,1H3. The fourth-order valence-corrected chi connectivity index (χ4v) is 3.28. The number of methoxy groups -OCH3 is 1. The molecule has 1 aromatic carbocycles. The number of nitrogens with zero attached hydrogens (tertiary/aromatic N) is 1. The van der Waals surface area contributed by atoms with Crippen LogP contribution in [0.1, 0.15) is 31.2 Å². The van der Waals surface area contributed by atoms with E-state index in [2.05, 4.69) is 10.2 Å². The number of hydrogen-bond donors (Lipinski definition) is 1. The van der Waals surface area contributed by atoms with E-state index in [-0.39, 0.29) is 0 Å². The Morgan fingerprint density at radius 3 is 2.67 bits per heavy atom. The Bertz CT molecular complexity index is 468. The van der Waals surface area contributed by atoms with Gasteiger partial charge in [-0.25, -0.2) is 0 Å². The summed E-state index contributed by atoms with van der Waals surface area (Å²) in [5, 5.41) is 4.53. The highest BCUT2D eigenvalue weighted by molar-refractivity contribution is 6.31. The first-order chi connectivity index (χ1) is 10.3. The Morgan fingerprint density at radius 2 is 2.00 bits per heavy atom. The first kappa shape index (κ1) is 15.1. The molecule has 0 bridgehead atoms. The van der Waals surface area contributed by atoms with Crippen LogP contribution in [-0.4, -0.2) is 37.7 Å². The van der Waals surface area contributed by atoms with Gasteiger partial charge in [0.05, 0.1) is 7.11 Å². The Balaban J connectivity index is 1.50. The van der Waals surface area contributed by atoms with Gasteiger partial charge in [-0.15, -0.1) is 0 Å². The van der Waals surface area contributed by atoms with Crippen LogP contribution in [0.15, 0.2) is 18.2 Å². The van der Waals surface area contributed by atoms with Crippen LogP contribution >= 0.6 is 11.6 Å². The number of nitrogens with one attached hydrogen (secondary N) is 1. The van der Waals surface area contributed by atoms with Gasteiger partial charge in [-0.2, -0.15) is 0 Å². The second-order valence-corrected chi connectivity index (χ2v) is 6.73. The third-order valence-electron chi connectivity index (χ3n) is 4.66. The van der Waals surface area contributed by atoms with Crippen LogP contribution < -0.4 is 10.1 Å².